The molecule has 1 aliphatic heterocycles. The van der Waals surface area contributed by atoms with E-state index in [-0.39, 0.29) is 11.4 Å². The number of halogens is 1. The van der Waals surface area contributed by atoms with Crippen LogP contribution in [0.25, 0.3) is 0 Å². The summed E-state index contributed by atoms with van der Waals surface area (Å²) in [4.78, 5) is 1.95. The molecule has 1 heterocycles. The molecule has 0 atom stereocenters. The summed E-state index contributed by atoms with van der Waals surface area (Å²) in [5.74, 6) is -6.27. The molecule has 3 aromatic rings. The van der Waals surface area contributed by atoms with Crippen molar-refractivity contribution in [2.75, 3.05) is 9.80 Å². The Morgan fingerprint density at radius 2 is 0.857 bits per heavy atom. The van der Waals surface area contributed by atoms with Crippen LogP contribution in [-0.2, 0) is 5.12 Å². The van der Waals surface area contributed by atoms with Crippen molar-refractivity contribution in [3.63, 3.8) is 0 Å². The van der Waals surface area contributed by atoms with Gasteiger partial charge in [0.2, 0.25) is 5.12 Å². The number of benzene rings is 3. The highest BCUT2D eigenvalue weighted by Gasteiger charge is 2.74. The van der Waals surface area contributed by atoms with Crippen LogP contribution in [0.2, 0.25) is 0 Å². The van der Waals surface area contributed by atoms with Gasteiger partial charge >= 0.3 is 11.8 Å². The fourth-order valence-electron chi connectivity index (χ4n) is 3.58. The monoisotopic (exact) mass is 398 g/mol. The summed E-state index contributed by atoms with van der Waals surface area (Å²) in [7, 11) is 0. The molecule has 1 saturated heterocycles. The molecule has 0 saturated carbocycles. The Hall–Kier alpha value is -2.61. The number of rotatable bonds is 3. The molecule has 6 nitrogen and oxygen atoms in total. The number of para-hydroxylation sites is 2. The normalized spacial score (nSPS) is 19.6. The second-order valence-electron chi connectivity index (χ2n) is 6.57. The molecule has 0 amide bonds. The molecule has 3 aromatic carbocycles. The number of hydrogen-bond acceptors (Lipinski definition) is 6. The van der Waals surface area contributed by atoms with Crippen LogP contribution in [0.1, 0.15) is 5.56 Å². The predicted octanol–water partition coefficient (Wildman–Crippen LogP) is 2.34. The maximum absolute atomic E-state index is 10.9. The average Bonchev–Trinajstić information content (AvgIpc) is 2.82. The summed E-state index contributed by atoms with van der Waals surface area (Å²) in [6.45, 7) is 0. The first-order chi connectivity index (χ1) is 13.3. The van der Waals surface area contributed by atoms with Crippen LogP contribution in [-0.4, -0.2) is 32.2 Å². The summed E-state index contributed by atoms with van der Waals surface area (Å²) in [5.41, 5.74) is 0.997. The Morgan fingerprint density at radius 3 is 1.21 bits per heavy atom. The van der Waals surface area contributed by atoms with Crippen LogP contribution in [0.3, 0.4) is 0 Å². The van der Waals surface area contributed by atoms with Gasteiger partial charge in [-0.05, 0) is 24.3 Å². The summed E-state index contributed by atoms with van der Waals surface area (Å²) in [6, 6.07) is 25.3. The second-order valence-corrected chi connectivity index (χ2v) is 7.09. The van der Waals surface area contributed by atoms with Crippen molar-refractivity contribution in [3.05, 3.63) is 96.6 Å². The largest absolute Gasteiger partial charge is 0.343 e. The van der Waals surface area contributed by atoms with Gasteiger partial charge in [0.25, 0.3) is 0 Å². The first kappa shape index (κ1) is 18.7. The highest BCUT2D eigenvalue weighted by molar-refractivity contribution is 6.27. The van der Waals surface area contributed by atoms with Crippen molar-refractivity contribution in [2.45, 2.75) is 16.9 Å². The molecule has 0 radical (unpaired) electrons. The fourth-order valence-corrected chi connectivity index (χ4v) is 4.13. The molecule has 1 aliphatic rings. The highest BCUT2D eigenvalue weighted by Crippen LogP contribution is 2.55. The van der Waals surface area contributed by atoms with E-state index in [9.17, 15) is 20.4 Å². The molecule has 4 N–H and O–H groups in total. The van der Waals surface area contributed by atoms with Gasteiger partial charge in [0.1, 0.15) is 0 Å². The number of anilines is 2. The lowest BCUT2D eigenvalue weighted by molar-refractivity contribution is -0.336. The van der Waals surface area contributed by atoms with Crippen LogP contribution in [0.15, 0.2) is 91.0 Å². The van der Waals surface area contributed by atoms with E-state index in [0.717, 1.165) is 9.80 Å². The van der Waals surface area contributed by atoms with Crippen molar-refractivity contribution >= 4 is 23.0 Å². The Labute approximate surface area is 167 Å². The smallest absolute Gasteiger partial charge is 0.329 e. The standard InChI is InChI=1S/C21H19ClN2O4/c22-19(16-10-4-1-5-11-16)23(17-12-6-2-7-13-17)20(25,26)21(27,28)24(19)18-14-8-3-9-15-18/h1-15,25-28H. The third kappa shape index (κ3) is 2.51. The van der Waals surface area contributed by atoms with Crippen LogP contribution in [0.5, 0.6) is 0 Å². The minimum Gasteiger partial charge on any atom is -0.343 e. The van der Waals surface area contributed by atoms with Gasteiger partial charge in [0.05, 0.1) is 0 Å². The zero-order valence-electron chi connectivity index (χ0n) is 14.7. The van der Waals surface area contributed by atoms with Crippen LogP contribution in [0.4, 0.5) is 11.4 Å². The maximum Gasteiger partial charge on any atom is 0.329 e. The van der Waals surface area contributed by atoms with E-state index in [4.69, 9.17) is 11.6 Å². The maximum atomic E-state index is 10.9. The zero-order chi connectivity index (χ0) is 20.0. The van der Waals surface area contributed by atoms with E-state index < -0.39 is 16.9 Å². The van der Waals surface area contributed by atoms with E-state index in [2.05, 4.69) is 0 Å². The van der Waals surface area contributed by atoms with E-state index in [1.807, 2.05) is 0 Å². The van der Waals surface area contributed by atoms with Crippen molar-refractivity contribution in [1.82, 2.24) is 0 Å². The van der Waals surface area contributed by atoms with Crippen molar-refractivity contribution in [3.8, 4) is 0 Å². The van der Waals surface area contributed by atoms with Gasteiger partial charge in [0.15, 0.2) is 0 Å². The third-order valence-electron chi connectivity index (χ3n) is 4.84. The van der Waals surface area contributed by atoms with Crippen molar-refractivity contribution in [2.24, 2.45) is 0 Å². The Bertz CT molecular complexity index is 894. The number of alkyl halides is 1. The summed E-state index contributed by atoms with van der Waals surface area (Å²) >= 11 is 7.08. The average molecular weight is 399 g/mol. The summed E-state index contributed by atoms with van der Waals surface area (Å²) in [5, 5.41) is 41.8. The first-order valence-electron chi connectivity index (χ1n) is 8.66. The Balaban J connectivity index is 2.05. The zero-order valence-corrected chi connectivity index (χ0v) is 15.5. The third-order valence-corrected chi connectivity index (χ3v) is 5.39. The minimum absolute atomic E-state index is 0.289. The molecular weight excluding hydrogens is 380 g/mol. The predicted molar refractivity (Wildman–Crippen MR) is 106 cm³/mol. The van der Waals surface area contributed by atoms with Crippen molar-refractivity contribution < 1.29 is 20.4 Å². The molecule has 0 spiro atoms. The highest BCUT2D eigenvalue weighted by atomic mass is 35.5. The molecule has 0 aromatic heterocycles. The second kappa shape index (κ2) is 6.48. The number of hydrogen-bond donors (Lipinski definition) is 4. The molecule has 1 fully saturated rings. The van der Waals surface area contributed by atoms with Gasteiger partial charge in [-0.3, -0.25) is 9.80 Å². The van der Waals surface area contributed by atoms with Crippen LogP contribution in [0, 0.1) is 0 Å². The lowest BCUT2D eigenvalue weighted by Crippen LogP contribution is -2.62. The molecule has 28 heavy (non-hydrogen) atoms. The molecule has 0 aliphatic carbocycles. The summed E-state index contributed by atoms with van der Waals surface area (Å²) < 4.78 is 0. The topological polar surface area (TPSA) is 87.4 Å². The van der Waals surface area contributed by atoms with E-state index in [1.165, 1.54) is 0 Å². The number of aliphatic hydroxyl groups is 4. The minimum atomic E-state index is -3.14. The Kier molecular flexibility index (Phi) is 4.33. The number of nitrogens with zero attached hydrogens (tertiary/aromatic N) is 2. The molecule has 0 unspecified atom stereocenters. The molecule has 144 valence electrons. The fraction of sp³-hybridized carbons (Fsp3) is 0.143. The first-order valence-corrected chi connectivity index (χ1v) is 9.04. The molecule has 7 heteroatoms. The molecular formula is C21H19ClN2O4. The van der Waals surface area contributed by atoms with Gasteiger partial charge in [-0.15, -0.1) is 0 Å². The van der Waals surface area contributed by atoms with Gasteiger partial charge in [0, 0.05) is 16.9 Å². The van der Waals surface area contributed by atoms with Crippen LogP contribution < -0.4 is 9.80 Å². The van der Waals surface area contributed by atoms with E-state index >= 15 is 0 Å². The lowest BCUT2D eigenvalue weighted by Gasteiger charge is -2.41. The van der Waals surface area contributed by atoms with Crippen molar-refractivity contribution in [1.29, 1.82) is 0 Å². The Morgan fingerprint density at radius 1 is 0.536 bits per heavy atom. The lowest BCUT2D eigenvalue weighted by atomic mass is 10.1. The quantitative estimate of drug-likeness (QED) is 0.308. The van der Waals surface area contributed by atoms with Gasteiger partial charge in [-0.1, -0.05) is 78.3 Å². The molecule has 0 bridgehead atoms. The van der Waals surface area contributed by atoms with E-state index in [0.29, 0.717) is 5.56 Å². The summed E-state index contributed by atoms with van der Waals surface area (Å²) in [6.07, 6.45) is 0. The van der Waals surface area contributed by atoms with E-state index in [1.54, 1.807) is 91.0 Å². The SMILES string of the molecule is OC1(O)N(c2ccccc2)C(Cl)(c2ccccc2)N(c2ccccc2)C1(O)O. The van der Waals surface area contributed by atoms with Gasteiger partial charge < -0.3 is 20.4 Å². The van der Waals surface area contributed by atoms with Gasteiger partial charge in [-0.25, -0.2) is 0 Å². The van der Waals surface area contributed by atoms with Gasteiger partial charge in [-0.2, -0.15) is 0 Å². The molecule has 4 rings (SSSR count). The van der Waals surface area contributed by atoms with Crippen LogP contribution >= 0.6 is 11.6 Å².